The Morgan fingerprint density at radius 3 is 2.35 bits per heavy atom. The molecule has 0 saturated heterocycles. The average Bonchev–Trinajstić information content (AvgIpc) is 3.15. The normalized spacial score (nSPS) is 29.2. The van der Waals surface area contributed by atoms with Crippen LogP contribution in [0.3, 0.4) is 0 Å². The van der Waals surface area contributed by atoms with Gasteiger partial charge in [-0.1, -0.05) is 73.3 Å². The van der Waals surface area contributed by atoms with Crippen LogP contribution in [0.4, 0.5) is 0 Å². The first-order valence-electron chi connectivity index (χ1n) is 8.42. The summed E-state index contributed by atoms with van der Waals surface area (Å²) in [4.78, 5) is 0. The molecule has 116 valence electrons. The van der Waals surface area contributed by atoms with Gasteiger partial charge in [0.05, 0.1) is 6.10 Å². The molecule has 1 saturated carbocycles. The lowest BCUT2D eigenvalue weighted by atomic mass is 9.66. The largest absolute Gasteiger partial charge is 0.393 e. The molecule has 0 spiro atoms. The van der Waals surface area contributed by atoms with Crippen LogP contribution in [0.25, 0.3) is 11.1 Å². The molecule has 2 aromatic rings. The van der Waals surface area contributed by atoms with Gasteiger partial charge in [-0.05, 0) is 41.5 Å². The van der Waals surface area contributed by atoms with Gasteiger partial charge in [0, 0.05) is 11.3 Å². The number of fused-ring (bicyclic) bond motifs is 1. The van der Waals surface area contributed by atoms with Crippen molar-refractivity contribution in [3.63, 3.8) is 0 Å². The summed E-state index contributed by atoms with van der Waals surface area (Å²) < 4.78 is 0. The Labute approximate surface area is 138 Å². The van der Waals surface area contributed by atoms with E-state index in [0.29, 0.717) is 0 Å². The van der Waals surface area contributed by atoms with Gasteiger partial charge in [0.15, 0.2) is 0 Å². The summed E-state index contributed by atoms with van der Waals surface area (Å²) in [5, 5.41) is 10.6. The van der Waals surface area contributed by atoms with E-state index >= 15 is 0 Å². The first kappa shape index (κ1) is 14.5. The molecule has 2 aliphatic rings. The van der Waals surface area contributed by atoms with Gasteiger partial charge in [-0.25, -0.2) is 0 Å². The molecule has 2 aromatic carbocycles. The van der Waals surface area contributed by atoms with Crippen molar-refractivity contribution in [3.05, 3.63) is 84.4 Å². The number of benzene rings is 2. The van der Waals surface area contributed by atoms with Gasteiger partial charge in [-0.3, -0.25) is 0 Å². The number of hydrogen-bond acceptors (Lipinski definition) is 1. The maximum Gasteiger partial charge on any atom is 0.0583 e. The number of hydrogen-bond donors (Lipinski definition) is 1. The second-order valence-corrected chi connectivity index (χ2v) is 6.75. The third-order valence-corrected chi connectivity index (χ3v) is 5.73. The molecule has 0 bridgehead atoms. The maximum absolute atomic E-state index is 10.6. The van der Waals surface area contributed by atoms with Crippen molar-refractivity contribution in [2.75, 3.05) is 0 Å². The monoisotopic (exact) mass is 302 g/mol. The lowest BCUT2D eigenvalue weighted by molar-refractivity contribution is 0.121. The highest BCUT2D eigenvalue weighted by Gasteiger charge is 2.54. The molecule has 0 aliphatic heterocycles. The Balaban J connectivity index is 1.84. The second-order valence-electron chi connectivity index (χ2n) is 6.75. The fourth-order valence-corrected chi connectivity index (χ4v) is 4.64. The molecule has 1 nitrogen and oxygen atoms in total. The topological polar surface area (TPSA) is 20.2 Å². The molecular formula is C22H22O. The lowest BCUT2D eigenvalue weighted by Crippen LogP contribution is -2.29. The summed E-state index contributed by atoms with van der Waals surface area (Å²) in [6.45, 7) is 4.50. The van der Waals surface area contributed by atoms with Crippen molar-refractivity contribution in [3.8, 4) is 0 Å². The summed E-state index contributed by atoms with van der Waals surface area (Å²) in [7, 11) is 0. The molecular weight excluding hydrogens is 280 g/mol. The summed E-state index contributed by atoms with van der Waals surface area (Å²) in [5.41, 5.74) is 4.85. The second kappa shape index (κ2) is 5.50. The zero-order valence-corrected chi connectivity index (χ0v) is 13.3. The average molecular weight is 302 g/mol. The van der Waals surface area contributed by atoms with Crippen LogP contribution in [-0.4, -0.2) is 11.2 Å². The Kier molecular flexibility index (Phi) is 3.46. The van der Waals surface area contributed by atoms with E-state index in [1.165, 1.54) is 16.7 Å². The van der Waals surface area contributed by atoms with Crippen LogP contribution in [0, 0.1) is 11.3 Å². The van der Waals surface area contributed by atoms with Crippen LogP contribution in [-0.2, 0) is 0 Å². The number of aliphatic hydroxyl groups excluding tert-OH is 1. The molecule has 23 heavy (non-hydrogen) atoms. The minimum absolute atomic E-state index is 0.123. The predicted octanol–water partition coefficient (Wildman–Crippen LogP) is 4.94. The highest BCUT2D eigenvalue weighted by atomic mass is 16.3. The minimum Gasteiger partial charge on any atom is -0.393 e. The van der Waals surface area contributed by atoms with Gasteiger partial charge in [0.1, 0.15) is 0 Å². The predicted molar refractivity (Wildman–Crippen MR) is 95.7 cm³/mol. The van der Waals surface area contributed by atoms with Crippen LogP contribution in [0.5, 0.6) is 0 Å². The van der Waals surface area contributed by atoms with E-state index < -0.39 is 0 Å². The lowest BCUT2D eigenvalue weighted by Gasteiger charge is -2.36. The minimum atomic E-state index is -0.229. The van der Waals surface area contributed by atoms with E-state index in [1.807, 2.05) is 6.07 Å². The third-order valence-electron chi connectivity index (χ3n) is 5.73. The fourth-order valence-electron chi connectivity index (χ4n) is 4.64. The molecule has 2 aliphatic carbocycles. The van der Waals surface area contributed by atoms with Crippen LogP contribution in [0.15, 0.2) is 73.3 Å². The maximum atomic E-state index is 10.6. The van der Waals surface area contributed by atoms with Gasteiger partial charge in [-0.2, -0.15) is 0 Å². The first-order valence-corrected chi connectivity index (χ1v) is 8.42. The third kappa shape index (κ3) is 2.11. The molecule has 0 radical (unpaired) electrons. The molecule has 0 aromatic heterocycles. The molecule has 1 N–H and O–H groups in total. The van der Waals surface area contributed by atoms with E-state index in [9.17, 15) is 5.11 Å². The highest BCUT2D eigenvalue weighted by molar-refractivity contribution is 5.88. The summed E-state index contributed by atoms with van der Waals surface area (Å²) in [5.74, 6) is 0.255. The first-order chi connectivity index (χ1) is 11.2. The summed E-state index contributed by atoms with van der Waals surface area (Å²) in [6.07, 6.45) is 4.88. The van der Waals surface area contributed by atoms with Crippen molar-refractivity contribution in [2.45, 2.75) is 25.4 Å². The van der Waals surface area contributed by atoms with Crippen LogP contribution in [0.1, 0.15) is 30.4 Å². The fraction of sp³-hybridized carbons (Fsp3) is 0.273. The quantitative estimate of drug-likeness (QED) is 0.851. The van der Waals surface area contributed by atoms with Gasteiger partial charge < -0.3 is 5.11 Å². The van der Waals surface area contributed by atoms with E-state index in [-0.39, 0.29) is 17.4 Å². The molecule has 0 heterocycles. The zero-order chi connectivity index (χ0) is 15.9. The van der Waals surface area contributed by atoms with Crippen LogP contribution < -0.4 is 0 Å². The van der Waals surface area contributed by atoms with E-state index in [2.05, 4.69) is 67.3 Å². The molecule has 1 unspecified atom stereocenters. The van der Waals surface area contributed by atoms with Crippen LogP contribution in [0.2, 0.25) is 0 Å². The molecule has 1 fully saturated rings. The summed E-state index contributed by atoms with van der Waals surface area (Å²) >= 11 is 0. The van der Waals surface area contributed by atoms with E-state index in [0.717, 1.165) is 24.8 Å². The number of rotatable bonds is 3. The Morgan fingerprint density at radius 2 is 1.65 bits per heavy atom. The van der Waals surface area contributed by atoms with Crippen molar-refractivity contribution in [1.82, 2.24) is 0 Å². The standard InChI is InChI=1S/C22H22O/c1-16(17-8-4-2-5-9-17)22-15-14-21(23)20(22)13-12-19(22)18-10-6-3-7-11-18/h2-12,20-21,23H,1,13-15H2/t20?,21-,22-/m1/s1. The Bertz CT molecular complexity index is 744. The number of aliphatic hydroxyl groups is 1. The van der Waals surface area contributed by atoms with Crippen molar-refractivity contribution in [1.29, 1.82) is 0 Å². The SMILES string of the molecule is C=C(c1ccccc1)[C@@]12CC[C@@H](O)C1CC=C2c1ccccc1. The van der Waals surface area contributed by atoms with Gasteiger partial charge in [0.2, 0.25) is 0 Å². The Morgan fingerprint density at radius 1 is 1.00 bits per heavy atom. The smallest absolute Gasteiger partial charge is 0.0583 e. The Hall–Kier alpha value is -2.12. The van der Waals surface area contributed by atoms with Gasteiger partial charge in [-0.15, -0.1) is 0 Å². The van der Waals surface area contributed by atoms with Crippen molar-refractivity contribution in [2.24, 2.45) is 11.3 Å². The van der Waals surface area contributed by atoms with E-state index in [4.69, 9.17) is 0 Å². The zero-order valence-electron chi connectivity index (χ0n) is 13.3. The van der Waals surface area contributed by atoms with Gasteiger partial charge >= 0.3 is 0 Å². The molecule has 1 heteroatoms. The van der Waals surface area contributed by atoms with Crippen molar-refractivity contribution < 1.29 is 5.11 Å². The van der Waals surface area contributed by atoms with Crippen molar-refractivity contribution >= 4 is 11.1 Å². The highest BCUT2D eigenvalue weighted by Crippen LogP contribution is 2.63. The van der Waals surface area contributed by atoms with E-state index in [1.54, 1.807) is 0 Å². The molecule has 4 rings (SSSR count). The number of allylic oxidation sites excluding steroid dienone is 3. The molecule has 3 atom stereocenters. The molecule has 0 amide bonds. The van der Waals surface area contributed by atoms with Gasteiger partial charge in [0.25, 0.3) is 0 Å². The van der Waals surface area contributed by atoms with Crippen LogP contribution >= 0.6 is 0 Å². The summed E-state index contributed by atoms with van der Waals surface area (Å²) in [6, 6.07) is 21.0.